The van der Waals surface area contributed by atoms with E-state index in [1.807, 2.05) is 6.07 Å². The van der Waals surface area contributed by atoms with Crippen molar-refractivity contribution in [3.8, 4) is 56.0 Å². The first-order chi connectivity index (χ1) is 21.7. The lowest BCUT2D eigenvalue weighted by Crippen LogP contribution is -1.94. The molecule has 0 saturated carbocycles. The number of aromatic nitrogens is 2. The van der Waals surface area contributed by atoms with Gasteiger partial charge >= 0.3 is 0 Å². The third-order valence-electron chi connectivity index (χ3n) is 8.00. The summed E-state index contributed by atoms with van der Waals surface area (Å²) in [5.74, 6) is 0.733. The first-order valence-corrected chi connectivity index (χ1v) is 16.1. The zero-order valence-electron chi connectivity index (χ0n) is 23.6. The Kier molecular flexibility index (Phi) is 6.86. The van der Waals surface area contributed by atoms with Crippen LogP contribution in [0.5, 0.6) is 0 Å². The maximum Gasteiger partial charge on any atom is 0.160 e. The smallest absolute Gasteiger partial charge is 0.160 e. The monoisotopic (exact) mass is 644 g/mol. The normalized spacial score (nSPS) is 11.3. The van der Waals surface area contributed by atoms with Crippen molar-refractivity contribution in [2.45, 2.75) is 0 Å². The van der Waals surface area contributed by atoms with Crippen molar-refractivity contribution in [2.75, 3.05) is 0 Å². The Labute approximate surface area is 268 Å². The SMILES string of the molecule is Brc1ccc(-c2ccc(-c3cccc(-c4nc(-c5ccc(-c6ccccc6)cc5)c5sc6ccccc6c5n4)c3)cc2)cc1. The standard InChI is InChI=1S/C40H25BrN2S/c41-34-23-21-29(22-24-34)28-13-15-30(16-14-28)32-9-6-10-33(25-32)40-42-37(39-38(43-40)35-11-4-5-12-36(35)44-39)31-19-17-27(18-20-31)26-7-2-1-3-8-26/h1-25H. The van der Waals surface area contributed by atoms with Gasteiger partial charge in [0.05, 0.1) is 15.9 Å². The van der Waals surface area contributed by atoms with Crippen molar-refractivity contribution in [3.05, 3.63) is 156 Å². The highest BCUT2D eigenvalue weighted by Crippen LogP contribution is 2.40. The van der Waals surface area contributed by atoms with Gasteiger partial charge in [-0.1, -0.05) is 143 Å². The second-order valence-corrected chi connectivity index (χ2v) is 12.7. The van der Waals surface area contributed by atoms with E-state index in [2.05, 4.69) is 162 Å². The fourth-order valence-electron chi connectivity index (χ4n) is 5.70. The molecule has 208 valence electrons. The molecule has 0 unspecified atom stereocenters. The van der Waals surface area contributed by atoms with Gasteiger partial charge in [0.1, 0.15) is 0 Å². The molecule has 0 radical (unpaired) electrons. The van der Waals surface area contributed by atoms with E-state index in [-0.39, 0.29) is 0 Å². The number of benzene rings is 6. The van der Waals surface area contributed by atoms with E-state index in [9.17, 15) is 0 Å². The van der Waals surface area contributed by atoms with E-state index in [1.165, 1.54) is 27.0 Å². The Balaban J connectivity index is 1.22. The molecular formula is C40H25BrN2S. The molecular weight excluding hydrogens is 620 g/mol. The fourth-order valence-corrected chi connectivity index (χ4v) is 7.12. The summed E-state index contributed by atoms with van der Waals surface area (Å²) in [6.45, 7) is 0. The Morgan fingerprint density at radius 1 is 0.432 bits per heavy atom. The van der Waals surface area contributed by atoms with E-state index < -0.39 is 0 Å². The molecule has 0 fully saturated rings. The summed E-state index contributed by atoms with van der Waals surface area (Å²) in [6, 6.07) is 53.4. The van der Waals surface area contributed by atoms with Gasteiger partial charge in [-0.05, 0) is 57.6 Å². The molecule has 2 aromatic heterocycles. The van der Waals surface area contributed by atoms with E-state index in [0.29, 0.717) is 0 Å². The van der Waals surface area contributed by atoms with Crippen LogP contribution < -0.4 is 0 Å². The van der Waals surface area contributed by atoms with Gasteiger partial charge in [-0.2, -0.15) is 0 Å². The molecule has 0 N–H and O–H groups in total. The second kappa shape index (κ2) is 11.3. The van der Waals surface area contributed by atoms with Crippen LogP contribution in [0.1, 0.15) is 0 Å². The molecule has 0 bridgehead atoms. The van der Waals surface area contributed by atoms with Crippen molar-refractivity contribution < 1.29 is 0 Å². The van der Waals surface area contributed by atoms with Crippen molar-refractivity contribution in [1.29, 1.82) is 0 Å². The fraction of sp³-hybridized carbons (Fsp3) is 0. The largest absolute Gasteiger partial charge is 0.226 e. The zero-order chi connectivity index (χ0) is 29.5. The summed E-state index contributed by atoms with van der Waals surface area (Å²) in [5.41, 5.74) is 11.1. The van der Waals surface area contributed by atoms with E-state index in [4.69, 9.17) is 9.97 Å². The summed E-state index contributed by atoms with van der Waals surface area (Å²) in [4.78, 5) is 10.4. The molecule has 2 nitrogen and oxygen atoms in total. The van der Waals surface area contributed by atoms with Crippen LogP contribution in [0.3, 0.4) is 0 Å². The van der Waals surface area contributed by atoms with E-state index in [0.717, 1.165) is 53.8 Å². The summed E-state index contributed by atoms with van der Waals surface area (Å²) < 4.78 is 3.41. The third-order valence-corrected chi connectivity index (χ3v) is 9.70. The minimum Gasteiger partial charge on any atom is -0.226 e. The lowest BCUT2D eigenvalue weighted by Gasteiger charge is -2.10. The average Bonchev–Trinajstić information content (AvgIpc) is 3.48. The minimum absolute atomic E-state index is 0.733. The first-order valence-electron chi connectivity index (χ1n) is 14.5. The average molecular weight is 646 g/mol. The molecule has 6 aromatic carbocycles. The Bertz CT molecular complexity index is 2250. The predicted octanol–water partition coefficient (Wildman–Crippen LogP) is 11.9. The van der Waals surface area contributed by atoms with Crippen LogP contribution in [0.15, 0.2) is 156 Å². The van der Waals surface area contributed by atoms with E-state index in [1.54, 1.807) is 11.3 Å². The van der Waals surface area contributed by atoms with Gasteiger partial charge in [-0.25, -0.2) is 9.97 Å². The van der Waals surface area contributed by atoms with Gasteiger partial charge in [0.25, 0.3) is 0 Å². The van der Waals surface area contributed by atoms with Gasteiger partial charge in [0.2, 0.25) is 0 Å². The van der Waals surface area contributed by atoms with E-state index >= 15 is 0 Å². The Hall–Kier alpha value is -4.90. The molecule has 0 saturated heterocycles. The quantitative estimate of drug-likeness (QED) is 0.186. The molecule has 0 aliphatic heterocycles. The highest BCUT2D eigenvalue weighted by molar-refractivity contribution is 9.10. The van der Waals surface area contributed by atoms with Crippen LogP contribution >= 0.6 is 27.3 Å². The lowest BCUT2D eigenvalue weighted by atomic mass is 9.99. The number of thiophene rings is 1. The van der Waals surface area contributed by atoms with Crippen LogP contribution in [0.2, 0.25) is 0 Å². The molecule has 0 amide bonds. The maximum atomic E-state index is 5.23. The van der Waals surface area contributed by atoms with Gasteiger partial charge in [0.15, 0.2) is 5.82 Å². The zero-order valence-corrected chi connectivity index (χ0v) is 26.0. The predicted molar refractivity (Wildman–Crippen MR) is 190 cm³/mol. The molecule has 8 aromatic rings. The Morgan fingerprint density at radius 2 is 0.955 bits per heavy atom. The van der Waals surface area contributed by atoms with Gasteiger partial charge in [0, 0.05) is 25.7 Å². The van der Waals surface area contributed by atoms with Crippen LogP contribution in [0.4, 0.5) is 0 Å². The highest BCUT2D eigenvalue weighted by atomic mass is 79.9. The minimum atomic E-state index is 0.733. The number of nitrogens with zero attached hydrogens (tertiary/aromatic N) is 2. The molecule has 8 rings (SSSR count). The molecule has 44 heavy (non-hydrogen) atoms. The number of fused-ring (bicyclic) bond motifs is 3. The van der Waals surface area contributed by atoms with Crippen LogP contribution in [-0.4, -0.2) is 9.97 Å². The van der Waals surface area contributed by atoms with Crippen molar-refractivity contribution >= 4 is 47.6 Å². The summed E-state index contributed by atoms with van der Waals surface area (Å²) in [7, 11) is 0. The number of hydrogen-bond acceptors (Lipinski definition) is 3. The molecule has 0 aliphatic rings. The summed E-state index contributed by atoms with van der Waals surface area (Å²) >= 11 is 5.29. The van der Waals surface area contributed by atoms with Gasteiger partial charge in [-0.3, -0.25) is 0 Å². The summed E-state index contributed by atoms with van der Waals surface area (Å²) in [6.07, 6.45) is 0. The molecule has 0 aliphatic carbocycles. The molecule has 2 heterocycles. The second-order valence-electron chi connectivity index (χ2n) is 10.8. The number of hydrogen-bond donors (Lipinski definition) is 0. The maximum absolute atomic E-state index is 5.23. The number of rotatable bonds is 5. The van der Waals surface area contributed by atoms with Crippen molar-refractivity contribution in [1.82, 2.24) is 9.97 Å². The molecule has 4 heteroatoms. The first kappa shape index (κ1) is 26.7. The molecule has 0 atom stereocenters. The Morgan fingerprint density at radius 3 is 1.66 bits per heavy atom. The number of halogens is 1. The summed E-state index contributed by atoms with van der Waals surface area (Å²) in [5, 5.41) is 1.16. The van der Waals surface area contributed by atoms with Crippen LogP contribution in [-0.2, 0) is 0 Å². The van der Waals surface area contributed by atoms with Crippen LogP contribution in [0.25, 0.3) is 76.3 Å². The highest BCUT2D eigenvalue weighted by Gasteiger charge is 2.17. The van der Waals surface area contributed by atoms with Gasteiger partial charge in [-0.15, -0.1) is 11.3 Å². The third kappa shape index (κ3) is 5.02. The van der Waals surface area contributed by atoms with Crippen LogP contribution in [0, 0.1) is 0 Å². The topological polar surface area (TPSA) is 25.8 Å². The lowest BCUT2D eigenvalue weighted by molar-refractivity contribution is 1.24. The molecule has 0 spiro atoms. The van der Waals surface area contributed by atoms with Crippen molar-refractivity contribution in [3.63, 3.8) is 0 Å². The van der Waals surface area contributed by atoms with Crippen molar-refractivity contribution in [2.24, 2.45) is 0 Å². The van der Waals surface area contributed by atoms with Gasteiger partial charge < -0.3 is 0 Å².